The number of carbonyl (C=O) groups excluding carboxylic acids is 1. The number of carbonyl (C=O) groups is 1. The summed E-state index contributed by atoms with van der Waals surface area (Å²) in [6.45, 7) is 22.0. The minimum absolute atomic E-state index is 0.0789. The number of allylic oxidation sites excluding steroid dienone is 1. The summed E-state index contributed by atoms with van der Waals surface area (Å²) < 4.78 is 12.1. The minimum Gasteiger partial charge on any atom is -0.463 e. The second-order valence-electron chi connectivity index (χ2n) is 10.2. The van der Waals surface area contributed by atoms with Gasteiger partial charge in [-0.3, -0.25) is 0 Å². The molecular formula is C23H42O3Si. The Hall–Kier alpha value is -0.613. The fourth-order valence-electron chi connectivity index (χ4n) is 6.88. The van der Waals surface area contributed by atoms with Gasteiger partial charge in [0.25, 0.3) is 0 Å². The van der Waals surface area contributed by atoms with Gasteiger partial charge in [0, 0.05) is 12.7 Å². The molecule has 0 radical (unpaired) electrons. The van der Waals surface area contributed by atoms with Gasteiger partial charge in [-0.05, 0) is 59.1 Å². The van der Waals surface area contributed by atoms with Crippen molar-refractivity contribution >= 4 is 14.3 Å². The second-order valence-corrected chi connectivity index (χ2v) is 15.7. The zero-order chi connectivity index (χ0) is 20.6. The van der Waals surface area contributed by atoms with Gasteiger partial charge in [0.2, 0.25) is 0 Å². The predicted octanol–water partition coefficient (Wildman–Crippen LogP) is 6.35. The molecule has 0 spiro atoms. The third kappa shape index (κ3) is 3.46. The monoisotopic (exact) mass is 394 g/mol. The van der Waals surface area contributed by atoms with Crippen LogP contribution in [-0.4, -0.2) is 27.5 Å². The van der Waals surface area contributed by atoms with Gasteiger partial charge in [-0.2, -0.15) is 0 Å². The first-order valence-electron chi connectivity index (χ1n) is 11.0. The normalized spacial score (nSPS) is 29.8. The van der Waals surface area contributed by atoms with E-state index >= 15 is 0 Å². The van der Waals surface area contributed by atoms with Crippen LogP contribution >= 0.6 is 0 Å². The molecule has 0 N–H and O–H groups in total. The van der Waals surface area contributed by atoms with Crippen molar-refractivity contribution in [2.24, 2.45) is 22.7 Å². The largest absolute Gasteiger partial charge is 0.463 e. The Bertz CT molecular complexity index is 542. The van der Waals surface area contributed by atoms with Crippen LogP contribution in [0.15, 0.2) is 12.2 Å². The van der Waals surface area contributed by atoms with Gasteiger partial charge < -0.3 is 9.16 Å². The van der Waals surface area contributed by atoms with E-state index < -0.39 is 8.32 Å². The number of hydrogen-bond acceptors (Lipinski definition) is 3. The van der Waals surface area contributed by atoms with Crippen LogP contribution < -0.4 is 0 Å². The van der Waals surface area contributed by atoms with E-state index in [9.17, 15) is 4.79 Å². The maximum Gasteiger partial charge on any atom is 0.330 e. The average molecular weight is 395 g/mol. The molecule has 0 saturated heterocycles. The molecule has 1 unspecified atom stereocenters. The van der Waals surface area contributed by atoms with E-state index in [2.05, 4.69) is 61.5 Å². The molecule has 3 fully saturated rings. The Balaban J connectivity index is 2.22. The van der Waals surface area contributed by atoms with E-state index in [-0.39, 0.29) is 16.8 Å². The Morgan fingerprint density at radius 1 is 1.11 bits per heavy atom. The van der Waals surface area contributed by atoms with Gasteiger partial charge in [-0.15, -0.1) is 0 Å². The highest BCUT2D eigenvalue weighted by atomic mass is 28.4. The Labute approximate surface area is 168 Å². The van der Waals surface area contributed by atoms with E-state index in [4.69, 9.17) is 9.16 Å². The molecule has 3 aliphatic rings. The van der Waals surface area contributed by atoms with Crippen LogP contribution in [0.3, 0.4) is 0 Å². The van der Waals surface area contributed by atoms with Crippen LogP contribution in [0.5, 0.6) is 0 Å². The van der Waals surface area contributed by atoms with Crippen molar-refractivity contribution < 1.29 is 14.0 Å². The highest BCUT2D eigenvalue weighted by Gasteiger charge is 2.70. The van der Waals surface area contributed by atoms with Crippen molar-refractivity contribution in [2.75, 3.05) is 13.2 Å². The molecule has 0 heterocycles. The maximum absolute atomic E-state index is 11.9. The summed E-state index contributed by atoms with van der Waals surface area (Å²) in [6.07, 6.45) is 6.26. The molecule has 0 aliphatic heterocycles. The number of fused-ring (bicyclic) bond motifs is 1. The number of esters is 1. The molecule has 0 aromatic carbocycles. The Morgan fingerprint density at radius 3 is 2.11 bits per heavy atom. The number of hydrogen-bond donors (Lipinski definition) is 0. The van der Waals surface area contributed by atoms with Gasteiger partial charge >= 0.3 is 5.97 Å². The summed E-state index contributed by atoms with van der Waals surface area (Å²) >= 11 is 0. The van der Waals surface area contributed by atoms with Crippen molar-refractivity contribution in [1.29, 1.82) is 0 Å². The molecule has 156 valence electrons. The highest BCUT2D eigenvalue weighted by Crippen LogP contribution is 2.74. The Kier molecular flexibility index (Phi) is 6.74. The SMILES string of the molecule is CCOC(=O)/C=C/[C@@]12CC[C@@H](C1CO[Si](C(C)C)(C(C)C)C(C)C)C2(C)C. The van der Waals surface area contributed by atoms with Gasteiger partial charge in [0.05, 0.1) is 6.61 Å². The van der Waals surface area contributed by atoms with Crippen LogP contribution in [0.2, 0.25) is 16.6 Å². The lowest BCUT2D eigenvalue weighted by atomic mass is 9.44. The zero-order valence-electron chi connectivity index (χ0n) is 19.1. The molecule has 3 nitrogen and oxygen atoms in total. The van der Waals surface area contributed by atoms with E-state index in [1.165, 1.54) is 6.42 Å². The van der Waals surface area contributed by atoms with Gasteiger partial charge in [-0.1, -0.05) is 61.5 Å². The van der Waals surface area contributed by atoms with Crippen molar-refractivity contribution in [3.8, 4) is 0 Å². The van der Waals surface area contributed by atoms with Crippen molar-refractivity contribution in [2.45, 2.75) is 91.8 Å². The number of rotatable bonds is 9. The first-order valence-corrected chi connectivity index (χ1v) is 13.1. The van der Waals surface area contributed by atoms with Gasteiger partial charge in [0.15, 0.2) is 8.32 Å². The summed E-state index contributed by atoms with van der Waals surface area (Å²) in [5, 5.41) is 0. The molecule has 3 saturated carbocycles. The summed E-state index contributed by atoms with van der Waals surface area (Å²) in [5.74, 6) is 1.01. The van der Waals surface area contributed by atoms with Crippen LogP contribution in [0.25, 0.3) is 0 Å². The Morgan fingerprint density at radius 2 is 1.67 bits per heavy atom. The molecule has 0 aromatic rings. The predicted molar refractivity (Wildman–Crippen MR) is 115 cm³/mol. The molecule has 27 heavy (non-hydrogen) atoms. The van der Waals surface area contributed by atoms with Crippen LogP contribution in [0.1, 0.15) is 75.2 Å². The van der Waals surface area contributed by atoms with Crippen LogP contribution in [-0.2, 0) is 14.0 Å². The van der Waals surface area contributed by atoms with Gasteiger partial charge in [0.1, 0.15) is 0 Å². The summed E-state index contributed by atoms with van der Waals surface area (Å²) in [6, 6.07) is 0. The quantitative estimate of drug-likeness (QED) is 0.260. The third-order valence-corrected chi connectivity index (χ3v) is 14.2. The molecule has 3 rings (SSSR count). The summed E-state index contributed by atoms with van der Waals surface area (Å²) in [5.41, 5.74) is 2.13. The number of ether oxygens (including phenoxy) is 1. The lowest BCUT2D eigenvalue weighted by Gasteiger charge is -2.61. The first-order chi connectivity index (χ1) is 12.5. The molecule has 0 amide bonds. The van der Waals surface area contributed by atoms with Crippen molar-refractivity contribution in [1.82, 2.24) is 0 Å². The van der Waals surface area contributed by atoms with Crippen LogP contribution in [0.4, 0.5) is 0 Å². The zero-order valence-corrected chi connectivity index (χ0v) is 20.1. The van der Waals surface area contributed by atoms with Crippen molar-refractivity contribution in [3.05, 3.63) is 12.2 Å². The fourth-order valence-corrected chi connectivity index (χ4v) is 12.3. The van der Waals surface area contributed by atoms with Crippen molar-refractivity contribution in [3.63, 3.8) is 0 Å². The molecule has 2 bridgehead atoms. The third-order valence-electron chi connectivity index (χ3n) is 8.17. The van der Waals surface area contributed by atoms with E-state index in [1.54, 1.807) is 6.08 Å². The molecule has 4 heteroatoms. The van der Waals surface area contributed by atoms with E-state index in [1.807, 2.05) is 6.92 Å². The van der Waals surface area contributed by atoms with E-state index in [0.29, 0.717) is 35.1 Å². The second kappa shape index (κ2) is 8.02. The molecule has 3 aliphatic carbocycles. The molecule has 0 aromatic heterocycles. The lowest BCUT2D eigenvalue weighted by molar-refractivity contribution is -0.138. The first kappa shape index (κ1) is 22.7. The highest BCUT2D eigenvalue weighted by molar-refractivity contribution is 6.77. The van der Waals surface area contributed by atoms with Crippen LogP contribution in [0, 0.1) is 22.7 Å². The van der Waals surface area contributed by atoms with Gasteiger partial charge in [-0.25, -0.2) is 4.79 Å². The molecule has 3 atom stereocenters. The maximum atomic E-state index is 11.9. The summed E-state index contributed by atoms with van der Waals surface area (Å²) in [7, 11) is -1.86. The topological polar surface area (TPSA) is 35.5 Å². The summed E-state index contributed by atoms with van der Waals surface area (Å²) in [4.78, 5) is 11.9. The average Bonchev–Trinajstić information content (AvgIpc) is 3.06. The van der Waals surface area contributed by atoms with E-state index in [0.717, 1.165) is 13.0 Å². The molecular weight excluding hydrogens is 352 g/mol. The standard InChI is InChI=1S/C23H42O3Si/c1-10-25-21(24)12-14-23-13-11-19(22(23,8)9)20(23)15-26-27(16(2)3,17(4)5)18(6)7/h12,14,16-20H,10-11,13,15H2,1-9H3/b14-12+/t19-,20?,23-/m0/s1. The fraction of sp³-hybridized carbons (Fsp3) is 0.870. The minimum atomic E-state index is -1.86. The lowest BCUT2D eigenvalue weighted by Crippen LogP contribution is -2.59. The smallest absolute Gasteiger partial charge is 0.330 e.